The van der Waals surface area contributed by atoms with E-state index >= 15 is 0 Å². The van der Waals surface area contributed by atoms with Crippen LogP contribution in [0.15, 0.2) is 23.8 Å². The second-order valence-corrected chi connectivity index (χ2v) is 3.69. The predicted molar refractivity (Wildman–Crippen MR) is 75.8 cm³/mol. The summed E-state index contributed by atoms with van der Waals surface area (Å²) in [5.41, 5.74) is 5.82. The van der Waals surface area contributed by atoms with Gasteiger partial charge in [0.15, 0.2) is 0 Å². The number of benzene rings is 1. The van der Waals surface area contributed by atoms with Gasteiger partial charge in [0, 0.05) is 0 Å². The smallest absolute Gasteiger partial charge is 0.0225 e. The molecule has 0 nitrogen and oxygen atoms in total. The molecule has 90 valence electrons. The fraction of sp³-hybridized carbons (Fsp3) is 0.500. The highest BCUT2D eigenvalue weighted by molar-refractivity contribution is 5.59. The SMILES string of the molecule is CC.CC.CC1=Cc2ccc(C)cc2CC1. The van der Waals surface area contributed by atoms with E-state index in [-0.39, 0.29) is 0 Å². The molecule has 0 amide bonds. The summed E-state index contributed by atoms with van der Waals surface area (Å²) >= 11 is 0. The topological polar surface area (TPSA) is 0 Å². The number of aryl methyl sites for hydroxylation is 2. The Balaban J connectivity index is 0.000000509. The van der Waals surface area contributed by atoms with Crippen LogP contribution < -0.4 is 0 Å². The Bertz CT molecular complexity index is 332. The van der Waals surface area contributed by atoms with Gasteiger partial charge < -0.3 is 0 Å². The number of fused-ring (bicyclic) bond motifs is 1. The Morgan fingerprint density at radius 1 is 0.875 bits per heavy atom. The van der Waals surface area contributed by atoms with Gasteiger partial charge in [-0.15, -0.1) is 0 Å². The summed E-state index contributed by atoms with van der Waals surface area (Å²) in [6.07, 6.45) is 4.76. The van der Waals surface area contributed by atoms with Crippen LogP contribution >= 0.6 is 0 Å². The van der Waals surface area contributed by atoms with Gasteiger partial charge >= 0.3 is 0 Å². The molecule has 0 heterocycles. The third kappa shape index (κ3) is 4.22. The van der Waals surface area contributed by atoms with Crippen molar-refractivity contribution in [1.82, 2.24) is 0 Å². The van der Waals surface area contributed by atoms with E-state index in [9.17, 15) is 0 Å². The zero-order valence-corrected chi connectivity index (χ0v) is 11.7. The summed E-state index contributed by atoms with van der Waals surface area (Å²) in [5, 5.41) is 0. The lowest BCUT2D eigenvalue weighted by Crippen LogP contribution is -1.97. The molecule has 1 aromatic rings. The van der Waals surface area contributed by atoms with Crippen LogP contribution in [-0.4, -0.2) is 0 Å². The first kappa shape index (κ1) is 15.0. The lowest BCUT2D eigenvalue weighted by molar-refractivity contribution is 0.925. The molecule has 0 atom stereocenters. The molecule has 0 saturated heterocycles. The van der Waals surface area contributed by atoms with Crippen LogP contribution in [0.25, 0.3) is 6.08 Å². The molecule has 0 saturated carbocycles. The molecule has 0 unspecified atom stereocenters. The molecule has 1 aromatic carbocycles. The maximum Gasteiger partial charge on any atom is -0.0225 e. The van der Waals surface area contributed by atoms with E-state index in [1.165, 1.54) is 35.1 Å². The van der Waals surface area contributed by atoms with E-state index in [0.29, 0.717) is 0 Å². The normalized spacial score (nSPS) is 12.2. The van der Waals surface area contributed by atoms with Crippen molar-refractivity contribution in [2.45, 2.75) is 54.4 Å². The molecule has 1 aliphatic carbocycles. The first-order chi connectivity index (χ1) is 7.75. The van der Waals surface area contributed by atoms with Gasteiger partial charge in [-0.2, -0.15) is 0 Å². The minimum absolute atomic E-state index is 1.22. The van der Waals surface area contributed by atoms with E-state index in [1.807, 2.05) is 27.7 Å². The van der Waals surface area contributed by atoms with E-state index in [0.717, 1.165) is 0 Å². The Morgan fingerprint density at radius 3 is 2.12 bits per heavy atom. The second-order valence-electron chi connectivity index (χ2n) is 3.69. The quantitative estimate of drug-likeness (QED) is 0.547. The van der Waals surface area contributed by atoms with E-state index < -0.39 is 0 Å². The molecular formula is C16H26. The number of allylic oxidation sites excluding steroid dienone is 1. The number of hydrogen-bond acceptors (Lipinski definition) is 0. The van der Waals surface area contributed by atoms with Crippen LogP contribution in [0.2, 0.25) is 0 Å². The van der Waals surface area contributed by atoms with Crippen molar-refractivity contribution < 1.29 is 0 Å². The highest BCUT2D eigenvalue weighted by Crippen LogP contribution is 2.23. The van der Waals surface area contributed by atoms with Crippen molar-refractivity contribution in [2.75, 3.05) is 0 Å². The highest BCUT2D eigenvalue weighted by atomic mass is 14.1. The fourth-order valence-electron chi connectivity index (χ4n) is 1.76. The molecule has 0 bridgehead atoms. The van der Waals surface area contributed by atoms with Crippen molar-refractivity contribution >= 4 is 6.08 Å². The summed E-state index contributed by atoms with van der Waals surface area (Å²) < 4.78 is 0. The summed E-state index contributed by atoms with van der Waals surface area (Å²) in [6, 6.07) is 6.72. The maximum atomic E-state index is 2.30. The summed E-state index contributed by atoms with van der Waals surface area (Å²) in [7, 11) is 0. The molecule has 2 rings (SSSR count). The lowest BCUT2D eigenvalue weighted by atomic mass is 9.92. The molecular weight excluding hydrogens is 192 g/mol. The Hall–Kier alpha value is -1.04. The van der Waals surface area contributed by atoms with Crippen molar-refractivity contribution in [3.8, 4) is 0 Å². The van der Waals surface area contributed by atoms with Gasteiger partial charge in [0.1, 0.15) is 0 Å². The van der Waals surface area contributed by atoms with E-state index in [4.69, 9.17) is 0 Å². The molecule has 0 heteroatoms. The summed E-state index contributed by atoms with van der Waals surface area (Å²) in [4.78, 5) is 0. The first-order valence-corrected chi connectivity index (χ1v) is 6.52. The van der Waals surface area contributed by atoms with Crippen LogP contribution in [-0.2, 0) is 6.42 Å². The van der Waals surface area contributed by atoms with Crippen molar-refractivity contribution in [2.24, 2.45) is 0 Å². The van der Waals surface area contributed by atoms with E-state index in [2.05, 4.69) is 38.1 Å². The summed E-state index contributed by atoms with van der Waals surface area (Å²) in [6.45, 7) is 12.4. The second kappa shape index (κ2) is 8.15. The van der Waals surface area contributed by atoms with Crippen LogP contribution in [0.1, 0.15) is 57.7 Å². The van der Waals surface area contributed by atoms with Gasteiger partial charge in [0.25, 0.3) is 0 Å². The molecule has 0 aliphatic heterocycles. The molecule has 0 aromatic heterocycles. The van der Waals surface area contributed by atoms with Crippen molar-refractivity contribution in [1.29, 1.82) is 0 Å². The van der Waals surface area contributed by atoms with Crippen LogP contribution in [0.5, 0.6) is 0 Å². The van der Waals surface area contributed by atoms with Crippen molar-refractivity contribution in [3.63, 3.8) is 0 Å². The fourth-order valence-corrected chi connectivity index (χ4v) is 1.76. The number of hydrogen-bond donors (Lipinski definition) is 0. The van der Waals surface area contributed by atoms with Gasteiger partial charge in [-0.05, 0) is 37.8 Å². The lowest BCUT2D eigenvalue weighted by Gasteiger charge is -2.13. The van der Waals surface area contributed by atoms with Crippen LogP contribution in [0.3, 0.4) is 0 Å². The average Bonchev–Trinajstić information content (AvgIpc) is 2.35. The molecule has 16 heavy (non-hydrogen) atoms. The summed E-state index contributed by atoms with van der Waals surface area (Å²) in [5.74, 6) is 0. The van der Waals surface area contributed by atoms with Crippen LogP contribution in [0, 0.1) is 6.92 Å². The van der Waals surface area contributed by atoms with Gasteiger partial charge in [-0.3, -0.25) is 0 Å². The minimum Gasteiger partial charge on any atom is -0.0724 e. The van der Waals surface area contributed by atoms with E-state index in [1.54, 1.807) is 0 Å². The molecule has 0 spiro atoms. The molecule has 0 fully saturated rings. The third-order valence-corrected chi connectivity index (χ3v) is 2.49. The Morgan fingerprint density at radius 2 is 1.50 bits per heavy atom. The Kier molecular flexibility index (Phi) is 7.62. The third-order valence-electron chi connectivity index (χ3n) is 2.49. The predicted octanol–water partition coefficient (Wildman–Crippen LogP) is 5.40. The first-order valence-electron chi connectivity index (χ1n) is 6.52. The molecule has 0 N–H and O–H groups in total. The monoisotopic (exact) mass is 218 g/mol. The molecule has 0 radical (unpaired) electrons. The van der Waals surface area contributed by atoms with Gasteiger partial charge in [0.2, 0.25) is 0 Å². The van der Waals surface area contributed by atoms with Gasteiger partial charge in [-0.25, -0.2) is 0 Å². The number of rotatable bonds is 0. The van der Waals surface area contributed by atoms with Gasteiger partial charge in [-0.1, -0.05) is 63.1 Å². The minimum atomic E-state index is 1.22. The highest BCUT2D eigenvalue weighted by Gasteiger charge is 2.06. The zero-order valence-electron chi connectivity index (χ0n) is 11.7. The largest absolute Gasteiger partial charge is 0.0724 e. The average molecular weight is 218 g/mol. The molecule has 1 aliphatic rings. The Labute approximate surface area is 101 Å². The standard InChI is InChI=1S/C12H14.2C2H6/c1-9-3-5-12-8-10(2)4-6-11(12)7-9;2*1-2/h3,5,7-8H,4,6H2,1-2H3;2*1-2H3. The van der Waals surface area contributed by atoms with Crippen LogP contribution in [0.4, 0.5) is 0 Å². The zero-order chi connectivity index (χ0) is 12.6. The van der Waals surface area contributed by atoms with Gasteiger partial charge in [0.05, 0.1) is 0 Å². The van der Waals surface area contributed by atoms with Crippen molar-refractivity contribution in [3.05, 3.63) is 40.5 Å². The maximum absolute atomic E-state index is 2.30.